The van der Waals surface area contributed by atoms with Crippen molar-refractivity contribution in [2.45, 2.75) is 51.5 Å². The lowest BCUT2D eigenvalue weighted by molar-refractivity contribution is -0.118. The second-order valence-electron chi connectivity index (χ2n) is 4.89. The van der Waals surface area contributed by atoms with Crippen LogP contribution >= 0.6 is 0 Å². The molecule has 0 spiro atoms. The fourth-order valence-corrected chi connectivity index (χ4v) is 2.60. The molecule has 100 valence electrons. The molecule has 1 aliphatic carbocycles. The fourth-order valence-electron chi connectivity index (χ4n) is 2.60. The van der Waals surface area contributed by atoms with Gasteiger partial charge in [-0.15, -0.1) is 0 Å². The van der Waals surface area contributed by atoms with Crippen LogP contribution in [-0.4, -0.2) is 48.2 Å². The maximum atomic E-state index is 10.8. The quantitative estimate of drug-likeness (QED) is 0.658. The molecular weight excluding hydrogens is 216 g/mol. The Bertz CT molecular complexity index is 215. The van der Waals surface area contributed by atoms with E-state index >= 15 is 0 Å². The Morgan fingerprint density at radius 1 is 1.29 bits per heavy atom. The molecule has 0 aromatic rings. The summed E-state index contributed by atoms with van der Waals surface area (Å²) in [6, 6.07) is 0.647. The van der Waals surface area contributed by atoms with Crippen LogP contribution in [0, 0.1) is 0 Å². The fraction of sp³-hybridized carbons (Fsp3) is 0.923. The molecule has 4 nitrogen and oxygen atoms in total. The molecule has 0 aliphatic heterocycles. The maximum Gasteiger partial charge on any atom is 0.216 e. The summed E-state index contributed by atoms with van der Waals surface area (Å²) in [7, 11) is 0. The maximum absolute atomic E-state index is 10.8. The second-order valence-corrected chi connectivity index (χ2v) is 4.89. The summed E-state index contributed by atoms with van der Waals surface area (Å²) < 4.78 is 0. The molecule has 0 unspecified atom stereocenters. The van der Waals surface area contributed by atoms with Crippen molar-refractivity contribution in [2.24, 2.45) is 0 Å². The smallest absolute Gasteiger partial charge is 0.216 e. The highest BCUT2D eigenvalue weighted by molar-refractivity contribution is 5.72. The van der Waals surface area contributed by atoms with E-state index in [0.717, 1.165) is 26.1 Å². The van der Waals surface area contributed by atoms with Gasteiger partial charge in [-0.05, 0) is 19.3 Å². The number of nitrogens with one attached hydrogen (secondary N) is 1. The van der Waals surface area contributed by atoms with Gasteiger partial charge in [0, 0.05) is 32.6 Å². The van der Waals surface area contributed by atoms with Crippen molar-refractivity contribution in [2.75, 3.05) is 26.2 Å². The minimum absolute atomic E-state index is 0.0383. The average molecular weight is 242 g/mol. The Hall–Kier alpha value is -0.610. The molecule has 0 aromatic heterocycles. The van der Waals surface area contributed by atoms with Gasteiger partial charge in [0.25, 0.3) is 0 Å². The number of hydrogen-bond acceptors (Lipinski definition) is 3. The van der Waals surface area contributed by atoms with Crippen LogP contribution in [0.15, 0.2) is 0 Å². The number of nitrogens with zero attached hydrogens (tertiary/aromatic N) is 1. The predicted octanol–water partition coefficient (Wildman–Crippen LogP) is 1.14. The molecule has 1 amide bonds. The van der Waals surface area contributed by atoms with Gasteiger partial charge in [0.15, 0.2) is 0 Å². The third kappa shape index (κ3) is 6.03. The highest BCUT2D eigenvalue weighted by Gasteiger charge is 2.19. The molecule has 1 aliphatic rings. The summed E-state index contributed by atoms with van der Waals surface area (Å²) in [6.45, 7) is 4.27. The first kappa shape index (κ1) is 14.5. The molecule has 1 saturated carbocycles. The number of aliphatic hydroxyl groups excluding tert-OH is 1. The molecule has 1 rings (SSSR count). The lowest BCUT2D eigenvalue weighted by Gasteiger charge is -2.34. The Morgan fingerprint density at radius 3 is 2.59 bits per heavy atom. The first-order valence-electron chi connectivity index (χ1n) is 6.83. The Morgan fingerprint density at radius 2 is 2.00 bits per heavy atom. The van der Waals surface area contributed by atoms with E-state index < -0.39 is 0 Å². The van der Waals surface area contributed by atoms with E-state index in [4.69, 9.17) is 5.11 Å². The van der Waals surface area contributed by atoms with Crippen LogP contribution in [0.1, 0.15) is 45.4 Å². The molecule has 0 bridgehead atoms. The first-order chi connectivity index (χ1) is 8.24. The number of aliphatic hydroxyl groups is 1. The van der Waals surface area contributed by atoms with Gasteiger partial charge in [-0.3, -0.25) is 9.69 Å². The van der Waals surface area contributed by atoms with E-state index in [1.165, 1.54) is 32.1 Å². The predicted molar refractivity (Wildman–Crippen MR) is 68.8 cm³/mol. The number of carbonyl (C=O) groups is 1. The highest BCUT2D eigenvalue weighted by Crippen LogP contribution is 2.22. The first-order valence-corrected chi connectivity index (χ1v) is 6.83. The van der Waals surface area contributed by atoms with Gasteiger partial charge in [-0.2, -0.15) is 0 Å². The zero-order chi connectivity index (χ0) is 12.5. The van der Waals surface area contributed by atoms with Gasteiger partial charge in [-0.25, -0.2) is 0 Å². The Kier molecular flexibility index (Phi) is 7.21. The van der Waals surface area contributed by atoms with E-state index in [0.29, 0.717) is 6.04 Å². The zero-order valence-electron chi connectivity index (χ0n) is 11.0. The number of hydrogen-bond donors (Lipinski definition) is 2. The summed E-state index contributed by atoms with van der Waals surface area (Å²) >= 11 is 0. The monoisotopic (exact) mass is 242 g/mol. The summed E-state index contributed by atoms with van der Waals surface area (Å²) in [5.74, 6) is 0.0383. The molecule has 0 aromatic carbocycles. The molecule has 0 saturated heterocycles. The second kappa shape index (κ2) is 8.48. The molecule has 0 radical (unpaired) electrons. The van der Waals surface area contributed by atoms with E-state index in [1.807, 2.05) is 0 Å². The summed E-state index contributed by atoms with van der Waals surface area (Å²) in [5, 5.41) is 11.9. The summed E-state index contributed by atoms with van der Waals surface area (Å²) in [4.78, 5) is 13.1. The van der Waals surface area contributed by atoms with E-state index in [-0.39, 0.29) is 12.5 Å². The van der Waals surface area contributed by atoms with Crippen LogP contribution in [0.3, 0.4) is 0 Å². The lowest BCUT2D eigenvalue weighted by Crippen LogP contribution is -2.40. The van der Waals surface area contributed by atoms with E-state index in [9.17, 15) is 4.79 Å². The van der Waals surface area contributed by atoms with Crippen LogP contribution in [0.25, 0.3) is 0 Å². The largest absolute Gasteiger partial charge is 0.395 e. The molecule has 2 N–H and O–H groups in total. The Labute approximate surface area is 104 Å². The zero-order valence-corrected chi connectivity index (χ0v) is 11.0. The van der Waals surface area contributed by atoms with Gasteiger partial charge in [0.2, 0.25) is 5.91 Å². The Balaban J connectivity index is 2.24. The van der Waals surface area contributed by atoms with E-state index in [1.54, 1.807) is 6.92 Å². The number of amides is 1. The summed E-state index contributed by atoms with van der Waals surface area (Å²) in [6.07, 6.45) is 7.49. The van der Waals surface area contributed by atoms with Crippen LogP contribution in [0.2, 0.25) is 0 Å². The minimum atomic E-state index is 0.0383. The number of carbonyl (C=O) groups excluding carboxylic acids is 1. The van der Waals surface area contributed by atoms with Gasteiger partial charge in [0.05, 0.1) is 6.61 Å². The van der Waals surface area contributed by atoms with Crippen molar-refractivity contribution in [1.82, 2.24) is 10.2 Å². The van der Waals surface area contributed by atoms with Crippen molar-refractivity contribution >= 4 is 5.91 Å². The van der Waals surface area contributed by atoms with Crippen LogP contribution in [0.4, 0.5) is 0 Å². The number of rotatable bonds is 7. The van der Waals surface area contributed by atoms with Gasteiger partial charge in [-0.1, -0.05) is 19.3 Å². The topological polar surface area (TPSA) is 52.6 Å². The SMILES string of the molecule is CC(=O)NCCCN(CCO)C1CCCCC1. The van der Waals surface area contributed by atoms with Crippen molar-refractivity contribution in [3.63, 3.8) is 0 Å². The van der Waals surface area contributed by atoms with Crippen molar-refractivity contribution in [1.29, 1.82) is 0 Å². The molecule has 17 heavy (non-hydrogen) atoms. The van der Waals surface area contributed by atoms with E-state index in [2.05, 4.69) is 10.2 Å². The van der Waals surface area contributed by atoms with Crippen molar-refractivity contribution in [3.05, 3.63) is 0 Å². The third-order valence-corrected chi connectivity index (χ3v) is 3.47. The van der Waals surface area contributed by atoms with Crippen molar-refractivity contribution < 1.29 is 9.90 Å². The van der Waals surface area contributed by atoms with Crippen LogP contribution < -0.4 is 5.32 Å². The minimum Gasteiger partial charge on any atom is -0.395 e. The van der Waals surface area contributed by atoms with Crippen LogP contribution in [-0.2, 0) is 4.79 Å². The highest BCUT2D eigenvalue weighted by atomic mass is 16.3. The average Bonchev–Trinajstić information content (AvgIpc) is 2.34. The molecular formula is C13H26N2O2. The molecule has 0 atom stereocenters. The molecule has 4 heteroatoms. The van der Waals surface area contributed by atoms with Gasteiger partial charge >= 0.3 is 0 Å². The van der Waals surface area contributed by atoms with Gasteiger partial charge < -0.3 is 10.4 Å². The summed E-state index contributed by atoms with van der Waals surface area (Å²) in [5.41, 5.74) is 0. The lowest BCUT2D eigenvalue weighted by atomic mass is 9.94. The molecule has 0 heterocycles. The van der Waals surface area contributed by atoms with Crippen molar-refractivity contribution in [3.8, 4) is 0 Å². The van der Waals surface area contributed by atoms with Gasteiger partial charge in [0.1, 0.15) is 0 Å². The third-order valence-electron chi connectivity index (χ3n) is 3.47. The normalized spacial score (nSPS) is 17.4. The standard InChI is InChI=1S/C13H26N2O2/c1-12(17)14-8-5-9-15(10-11-16)13-6-3-2-4-7-13/h13,16H,2-11H2,1H3,(H,14,17). The molecule has 1 fully saturated rings. The van der Waals surface area contributed by atoms with Crippen LogP contribution in [0.5, 0.6) is 0 Å².